The Morgan fingerprint density at radius 3 is 2.15 bits per heavy atom. The molecule has 0 aliphatic rings. The minimum atomic E-state index is -6.39. The maximum absolute atomic E-state index is 12.8. The van der Waals surface area contributed by atoms with E-state index >= 15 is 0 Å². The van der Waals surface area contributed by atoms with Crippen LogP contribution in [0.3, 0.4) is 0 Å². The Morgan fingerprint density at radius 2 is 1.65 bits per heavy atom. The number of nitrogens with zero attached hydrogens (tertiary/aromatic N) is 1. The summed E-state index contributed by atoms with van der Waals surface area (Å²) in [5.74, 6) is -6.23. The van der Waals surface area contributed by atoms with Gasteiger partial charge < -0.3 is 0 Å². The largest absolute Gasteiger partial charge is 0.462 e. The van der Waals surface area contributed by atoms with Crippen molar-refractivity contribution in [1.29, 1.82) is 0 Å². The molecule has 112 valence electrons. The van der Waals surface area contributed by atoms with Gasteiger partial charge in [0, 0.05) is 0 Å². The first kappa shape index (κ1) is 16.3. The Balaban J connectivity index is 2.82. The molecular weight excluding hydrogens is 293 g/mol. The quantitative estimate of drug-likeness (QED) is 0.390. The van der Waals surface area contributed by atoms with E-state index in [2.05, 4.69) is 5.10 Å². The standard InChI is InChI=1S/C11H9F7N2/c1-7-3-2-4-8(5-7)6-19-20-11(17,18)9(12,13)10(14,15)16/h2-6,20H,1H3/b19-6+. The molecule has 0 spiro atoms. The van der Waals surface area contributed by atoms with Crippen molar-refractivity contribution >= 4 is 6.21 Å². The predicted molar refractivity (Wildman–Crippen MR) is 57.9 cm³/mol. The molecule has 0 bridgehead atoms. The molecule has 0 saturated heterocycles. The van der Waals surface area contributed by atoms with Crippen molar-refractivity contribution in [1.82, 2.24) is 5.43 Å². The molecule has 0 unspecified atom stereocenters. The van der Waals surface area contributed by atoms with Gasteiger partial charge in [0.25, 0.3) is 0 Å². The molecule has 1 aromatic rings. The van der Waals surface area contributed by atoms with Gasteiger partial charge in [-0.1, -0.05) is 29.8 Å². The Hall–Kier alpha value is -1.80. The molecule has 1 N–H and O–H groups in total. The van der Waals surface area contributed by atoms with Gasteiger partial charge in [0.05, 0.1) is 6.21 Å². The van der Waals surface area contributed by atoms with E-state index in [1.54, 1.807) is 19.1 Å². The molecule has 0 amide bonds. The molecule has 1 rings (SSSR count). The lowest BCUT2D eigenvalue weighted by atomic mass is 10.2. The highest BCUT2D eigenvalue weighted by molar-refractivity contribution is 5.79. The molecular formula is C11H9F7N2. The second-order valence-electron chi connectivity index (χ2n) is 3.93. The van der Waals surface area contributed by atoms with Crippen LogP contribution in [0.1, 0.15) is 11.1 Å². The van der Waals surface area contributed by atoms with Gasteiger partial charge >= 0.3 is 18.1 Å². The normalized spacial score (nSPS) is 13.8. The smallest absolute Gasteiger partial charge is 0.242 e. The van der Waals surface area contributed by atoms with Crippen LogP contribution in [0.4, 0.5) is 30.7 Å². The highest BCUT2D eigenvalue weighted by Gasteiger charge is 2.73. The molecule has 0 aliphatic heterocycles. The van der Waals surface area contributed by atoms with E-state index in [1.165, 1.54) is 12.1 Å². The minimum Gasteiger partial charge on any atom is -0.242 e. The zero-order valence-corrected chi connectivity index (χ0v) is 9.98. The number of hydrogen-bond donors (Lipinski definition) is 1. The van der Waals surface area contributed by atoms with Gasteiger partial charge in [0.15, 0.2) is 0 Å². The van der Waals surface area contributed by atoms with Crippen molar-refractivity contribution < 1.29 is 30.7 Å². The predicted octanol–water partition coefficient (Wildman–Crippen LogP) is 3.71. The summed E-state index contributed by atoms with van der Waals surface area (Å²) in [5.41, 5.74) is 1.54. The SMILES string of the molecule is Cc1cccc(/C=N/NC(F)(F)C(F)(F)C(F)(F)F)c1. The number of aryl methyl sites for hydroxylation is 1. The van der Waals surface area contributed by atoms with Crippen LogP contribution in [0.15, 0.2) is 29.4 Å². The molecule has 1 aromatic carbocycles. The van der Waals surface area contributed by atoms with Crippen molar-refractivity contribution in [3.8, 4) is 0 Å². The van der Waals surface area contributed by atoms with E-state index < -0.39 is 18.1 Å². The van der Waals surface area contributed by atoms with E-state index in [0.717, 1.165) is 5.56 Å². The lowest BCUT2D eigenvalue weighted by Gasteiger charge is -2.27. The first-order chi connectivity index (χ1) is 8.97. The van der Waals surface area contributed by atoms with E-state index in [1.807, 2.05) is 0 Å². The van der Waals surface area contributed by atoms with Gasteiger partial charge in [-0.3, -0.25) is 0 Å². The number of hydrazone groups is 1. The van der Waals surface area contributed by atoms with Crippen LogP contribution < -0.4 is 5.43 Å². The van der Waals surface area contributed by atoms with Crippen molar-refractivity contribution in [2.75, 3.05) is 0 Å². The minimum absolute atomic E-state index is 0.267. The van der Waals surface area contributed by atoms with Crippen molar-refractivity contribution in [3.05, 3.63) is 35.4 Å². The lowest BCUT2D eigenvalue weighted by molar-refractivity contribution is -0.361. The second kappa shape index (κ2) is 5.29. The number of rotatable bonds is 4. The van der Waals surface area contributed by atoms with E-state index in [0.29, 0.717) is 11.6 Å². The fourth-order valence-electron chi connectivity index (χ4n) is 1.19. The number of hydrogen-bond acceptors (Lipinski definition) is 2. The number of halogens is 7. The Kier molecular flexibility index (Phi) is 4.30. The summed E-state index contributed by atoms with van der Waals surface area (Å²) in [4.78, 5) is 0. The molecule has 9 heteroatoms. The monoisotopic (exact) mass is 302 g/mol. The van der Waals surface area contributed by atoms with Crippen LogP contribution in [0, 0.1) is 6.92 Å². The van der Waals surface area contributed by atoms with Gasteiger partial charge in [-0.05, 0) is 12.5 Å². The van der Waals surface area contributed by atoms with Gasteiger partial charge in [-0.15, -0.1) is 0 Å². The van der Waals surface area contributed by atoms with E-state index in [4.69, 9.17) is 0 Å². The number of nitrogens with one attached hydrogen (secondary N) is 1. The van der Waals surface area contributed by atoms with Crippen LogP contribution in [0.25, 0.3) is 0 Å². The first-order valence-electron chi connectivity index (χ1n) is 5.16. The van der Waals surface area contributed by atoms with Crippen molar-refractivity contribution in [2.24, 2.45) is 5.10 Å². The average molecular weight is 302 g/mol. The highest BCUT2D eigenvalue weighted by Crippen LogP contribution is 2.44. The van der Waals surface area contributed by atoms with Gasteiger partial charge in [-0.25, -0.2) is 5.43 Å². The topological polar surface area (TPSA) is 24.4 Å². The summed E-state index contributed by atoms with van der Waals surface area (Å²) >= 11 is 0. The summed E-state index contributed by atoms with van der Waals surface area (Å²) in [6.07, 6.45) is -5.67. The molecule has 0 saturated carbocycles. The lowest BCUT2D eigenvalue weighted by Crippen LogP contribution is -2.58. The molecule has 0 aromatic heterocycles. The molecule has 0 fully saturated rings. The van der Waals surface area contributed by atoms with Gasteiger partial charge in [0.1, 0.15) is 0 Å². The molecule has 0 radical (unpaired) electrons. The van der Waals surface area contributed by atoms with Crippen LogP contribution in [-0.4, -0.2) is 24.4 Å². The Morgan fingerprint density at radius 1 is 1.05 bits per heavy atom. The van der Waals surface area contributed by atoms with Crippen LogP contribution in [-0.2, 0) is 0 Å². The average Bonchev–Trinajstić information content (AvgIpc) is 2.27. The fraction of sp³-hybridized carbons (Fsp3) is 0.364. The Labute approximate surface area is 109 Å². The third-order valence-electron chi connectivity index (χ3n) is 2.21. The zero-order valence-electron chi connectivity index (χ0n) is 9.98. The maximum atomic E-state index is 12.8. The fourth-order valence-corrected chi connectivity index (χ4v) is 1.19. The molecule has 20 heavy (non-hydrogen) atoms. The van der Waals surface area contributed by atoms with E-state index in [9.17, 15) is 30.7 Å². The van der Waals surface area contributed by atoms with Crippen LogP contribution in [0.2, 0.25) is 0 Å². The van der Waals surface area contributed by atoms with Gasteiger partial charge in [-0.2, -0.15) is 35.8 Å². The molecule has 0 aliphatic carbocycles. The summed E-state index contributed by atoms with van der Waals surface area (Å²) in [5, 5.41) is 2.73. The third kappa shape index (κ3) is 3.40. The number of alkyl halides is 7. The summed E-state index contributed by atoms with van der Waals surface area (Å²) < 4.78 is 86.0. The van der Waals surface area contributed by atoms with Crippen LogP contribution in [0.5, 0.6) is 0 Å². The summed E-state index contributed by atoms with van der Waals surface area (Å²) in [7, 11) is 0. The Bertz CT molecular complexity index is 494. The van der Waals surface area contributed by atoms with Gasteiger partial charge in [0.2, 0.25) is 0 Å². The van der Waals surface area contributed by atoms with Crippen molar-refractivity contribution in [2.45, 2.75) is 25.1 Å². The highest BCUT2D eigenvalue weighted by atomic mass is 19.4. The summed E-state index contributed by atoms with van der Waals surface area (Å²) in [6, 6.07) is 0.561. The second-order valence-corrected chi connectivity index (χ2v) is 3.93. The van der Waals surface area contributed by atoms with Crippen molar-refractivity contribution in [3.63, 3.8) is 0 Å². The van der Waals surface area contributed by atoms with E-state index in [-0.39, 0.29) is 5.56 Å². The summed E-state index contributed by atoms with van der Waals surface area (Å²) in [6.45, 7) is 1.68. The molecule has 0 atom stereocenters. The zero-order chi connectivity index (χ0) is 15.6. The first-order valence-corrected chi connectivity index (χ1v) is 5.16. The molecule has 0 heterocycles. The maximum Gasteiger partial charge on any atom is 0.462 e. The van der Waals surface area contributed by atoms with Crippen LogP contribution >= 0.6 is 0 Å². The number of benzene rings is 1. The third-order valence-corrected chi connectivity index (χ3v) is 2.21. The molecule has 2 nitrogen and oxygen atoms in total.